The molecule has 0 unspecified atom stereocenters. The molecule has 0 aliphatic heterocycles. The van der Waals surface area contributed by atoms with E-state index in [0.717, 1.165) is 27.4 Å². The van der Waals surface area contributed by atoms with Gasteiger partial charge in [-0.2, -0.15) is 0 Å². The van der Waals surface area contributed by atoms with Crippen LogP contribution < -0.4 is 11.1 Å². The van der Waals surface area contributed by atoms with E-state index in [-0.39, 0.29) is 5.91 Å². The Morgan fingerprint density at radius 1 is 1.32 bits per heavy atom. The highest BCUT2D eigenvalue weighted by atomic mass is 32.1. The summed E-state index contributed by atoms with van der Waals surface area (Å²) in [6.45, 7) is 4.32. The first kappa shape index (κ1) is 14.6. The van der Waals surface area contributed by atoms with Crippen LogP contribution in [-0.4, -0.2) is 17.4 Å². The summed E-state index contributed by atoms with van der Waals surface area (Å²) < 4.78 is 5.47. The maximum atomic E-state index is 12.3. The van der Waals surface area contributed by atoms with Gasteiger partial charge in [0.1, 0.15) is 21.2 Å². The number of nitrogens with zero attached hydrogens (tertiary/aromatic N) is 1. The van der Waals surface area contributed by atoms with Crippen molar-refractivity contribution in [2.24, 2.45) is 0 Å². The number of carbonyl (C=O) groups is 1. The summed E-state index contributed by atoms with van der Waals surface area (Å²) in [5.41, 5.74) is 7.48. The minimum atomic E-state index is -0.165. The highest BCUT2D eigenvalue weighted by molar-refractivity contribution is 7.21. The van der Waals surface area contributed by atoms with Crippen LogP contribution in [0.5, 0.6) is 0 Å². The Morgan fingerprint density at radius 3 is 2.86 bits per heavy atom. The predicted octanol–water partition coefficient (Wildman–Crippen LogP) is 3.06. The number of aromatic nitrogens is 1. The number of aryl methyl sites for hydroxylation is 2. The molecule has 0 atom stereocenters. The lowest BCUT2D eigenvalue weighted by molar-refractivity contribution is 0.0958. The number of amides is 1. The number of hydrogen-bond acceptors (Lipinski definition) is 5. The number of anilines is 1. The zero-order chi connectivity index (χ0) is 15.7. The summed E-state index contributed by atoms with van der Waals surface area (Å²) in [4.78, 5) is 18.0. The third-order valence-electron chi connectivity index (χ3n) is 3.39. The SMILES string of the molecule is Cc1ccc2c(N)c(C(=O)NCCc3ccc(C)o3)sc2n1. The van der Waals surface area contributed by atoms with Gasteiger partial charge in [0.25, 0.3) is 5.91 Å². The Morgan fingerprint density at radius 2 is 2.14 bits per heavy atom. The topological polar surface area (TPSA) is 81.2 Å². The molecule has 0 saturated carbocycles. The molecule has 6 heteroatoms. The van der Waals surface area contributed by atoms with Gasteiger partial charge in [0.2, 0.25) is 0 Å². The van der Waals surface area contributed by atoms with E-state index in [1.807, 2.05) is 38.1 Å². The fourth-order valence-electron chi connectivity index (χ4n) is 2.26. The quantitative estimate of drug-likeness (QED) is 0.775. The normalized spacial score (nSPS) is 11.0. The lowest BCUT2D eigenvalue weighted by Gasteiger charge is -2.03. The molecule has 0 bridgehead atoms. The maximum absolute atomic E-state index is 12.3. The van der Waals surface area contributed by atoms with E-state index in [2.05, 4.69) is 10.3 Å². The van der Waals surface area contributed by atoms with E-state index in [0.29, 0.717) is 23.5 Å². The molecule has 0 fully saturated rings. The molecule has 1 amide bonds. The van der Waals surface area contributed by atoms with E-state index >= 15 is 0 Å². The predicted molar refractivity (Wildman–Crippen MR) is 88.3 cm³/mol. The first-order valence-corrected chi connectivity index (χ1v) is 7.85. The van der Waals surface area contributed by atoms with Gasteiger partial charge < -0.3 is 15.5 Å². The van der Waals surface area contributed by atoms with Crippen LogP contribution in [0, 0.1) is 13.8 Å². The Labute approximate surface area is 132 Å². The zero-order valence-corrected chi connectivity index (χ0v) is 13.3. The summed E-state index contributed by atoms with van der Waals surface area (Å²) in [6, 6.07) is 7.63. The molecule has 3 N–H and O–H groups in total. The molecule has 0 saturated heterocycles. The molecule has 0 aromatic carbocycles. The third kappa shape index (κ3) is 2.82. The molecule has 3 aromatic heterocycles. The molecule has 0 aliphatic carbocycles. The fourth-order valence-corrected chi connectivity index (χ4v) is 3.31. The van der Waals surface area contributed by atoms with Gasteiger partial charge in [-0.3, -0.25) is 4.79 Å². The summed E-state index contributed by atoms with van der Waals surface area (Å²) >= 11 is 1.32. The third-order valence-corrected chi connectivity index (χ3v) is 4.51. The standard InChI is InChI=1S/C16H17N3O2S/c1-9-3-6-12-13(17)14(22-16(12)19-9)15(20)18-8-7-11-5-4-10(2)21-11/h3-6H,7-8,17H2,1-2H3,(H,18,20). The first-order valence-electron chi connectivity index (χ1n) is 7.03. The lowest BCUT2D eigenvalue weighted by Crippen LogP contribution is -2.25. The Balaban J connectivity index is 1.70. The van der Waals surface area contributed by atoms with Gasteiger partial charge >= 0.3 is 0 Å². The highest BCUT2D eigenvalue weighted by Gasteiger charge is 2.17. The van der Waals surface area contributed by atoms with E-state index < -0.39 is 0 Å². The summed E-state index contributed by atoms with van der Waals surface area (Å²) in [7, 11) is 0. The number of hydrogen-bond donors (Lipinski definition) is 2. The molecule has 0 spiro atoms. The Kier molecular flexibility index (Phi) is 3.85. The largest absolute Gasteiger partial charge is 0.466 e. The van der Waals surface area contributed by atoms with Crippen molar-refractivity contribution in [3.8, 4) is 0 Å². The second-order valence-corrected chi connectivity index (χ2v) is 6.17. The van der Waals surface area contributed by atoms with Gasteiger partial charge in [-0.25, -0.2) is 4.98 Å². The molecule has 5 nitrogen and oxygen atoms in total. The van der Waals surface area contributed by atoms with Gasteiger partial charge in [0.05, 0.1) is 5.69 Å². The van der Waals surface area contributed by atoms with Gasteiger partial charge in [-0.05, 0) is 38.1 Å². The van der Waals surface area contributed by atoms with Crippen LogP contribution in [0.15, 0.2) is 28.7 Å². The minimum Gasteiger partial charge on any atom is -0.466 e. The minimum absolute atomic E-state index is 0.165. The number of rotatable bonds is 4. The monoisotopic (exact) mass is 315 g/mol. The summed E-state index contributed by atoms with van der Waals surface area (Å²) in [6.07, 6.45) is 0.655. The van der Waals surface area contributed by atoms with Crippen molar-refractivity contribution in [3.63, 3.8) is 0 Å². The second kappa shape index (κ2) is 5.81. The number of pyridine rings is 1. The van der Waals surface area contributed by atoms with Crippen LogP contribution >= 0.6 is 11.3 Å². The van der Waals surface area contributed by atoms with Crippen LogP contribution in [0.1, 0.15) is 26.9 Å². The number of thiophene rings is 1. The van der Waals surface area contributed by atoms with Crippen LogP contribution in [0.3, 0.4) is 0 Å². The smallest absolute Gasteiger partial charge is 0.263 e. The van der Waals surface area contributed by atoms with E-state index in [1.54, 1.807) is 0 Å². The van der Waals surface area contributed by atoms with E-state index in [1.165, 1.54) is 11.3 Å². The van der Waals surface area contributed by atoms with Crippen molar-refractivity contribution in [1.82, 2.24) is 10.3 Å². The first-order chi connectivity index (χ1) is 10.5. The summed E-state index contributed by atoms with van der Waals surface area (Å²) in [5.74, 6) is 1.57. The molecular weight excluding hydrogens is 298 g/mol. The highest BCUT2D eigenvalue weighted by Crippen LogP contribution is 2.32. The van der Waals surface area contributed by atoms with Crippen LogP contribution in [0.4, 0.5) is 5.69 Å². The molecular formula is C16H17N3O2S. The van der Waals surface area contributed by atoms with Crippen LogP contribution in [0.2, 0.25) is 0 Å². The molecule has 0 aliphatic rings. The van der Waals surface area contributed by atoms with E-state index in [4.69, 9.17) is 10.2 Å². The van der Waals surface area contributed by atoms with Crippen LogP contribution in [-0.2, 0) is 6.42 Å². The number of furan rings is 1. The van der Waals surface area contributed by atoms with Gasteiger partial charge in [-0.15, -0.1) is 11.3 Å². The molecule has 3 aromatic rings. The molecule has 0 radical (unpaired) electrons. The second-order valence-electron chi connectivity index (χ2n) is 5.17. The summed E-state index contributed by atoms with van der Waals surface area (Å²) in [5, 5.41) is 3.71. The van der Waals surface area contributed by atoms with Crippen molar-refractivity contribution >= 4 is 33.1 Å². The number of nitrogens with one attached hydrogen (secondary N) is 1. The molecule has 22 heavy (non-hydrogen) atoms. The molecule has 3 rings (SSSR count). The average molecular weight is 315 g/mol. The number of nitrogen functional groups attached to an aromatic ring is 1. The van der Waals surface area contributed by atoms with Gasteiger partial charge in [0, 0.05) is 24.0 Å². The van der Waals surface area contributed by atoms with Crippen molar-refractivity contribution in [2.45, 2.75) is 20.3 Å². The maximum Gasteiger partial charge on any atom is 0.263 e. The van der Waals surface area contributed by atoms with E-state index in [9.17, 15) is 4.79 Å². The number of fused-ring (bicyclic) bond motifs is 1. The van der Waals surface area contributed by atoms with Crippen molar-refractivity contribution in [2.75, 3.05) is 12.3 Å². The zero-order valence-electron chi connectivity index (χ0n) is 12.5. The van der Waals surface area contributed by atoms with Crippen molar-refractivity contribution in [3.05, 3.63) is 46.4 Å². The van der Waals surface area contributed by atoms with Gasteiger partial charge in [0.15, 0.2) is 0 Å². The number of nitrogens with two attached hydrogens (primary N) is 1. The Hall–Kier alpha value is -2.34. The van der Waals surface area contributed by atoms with Crippen LogP contribution in [0.25, 0.3) is 10.2 Å². The number of carbonyl (C=O) groups excluding carboxylic acids is 1. The van der Waals surface area contributed by atoms with Crippen molar-refractivity contribution < 1.29 is 9.21 Å². The fraction of sp³-hybridized carbons (Fsp3) is 0.250. The molecule has 3 heterocycles. The Bertz CT molecular complexity index is 835. The van der Waals surface area contributed by atoms with Gasteiger partial charge in [-0.1, -0.05) is 0 Å². The average Bonchev–Trinajstić information content (AvgIpc) is 3.03. The molecule has 114 valence electrons. The van der Waals surface area contributed by atoms with Crippen molar-refractivity contribution in [1.29, 1.82) is 0 Å². The lowest BCUT2D eigenvalue weighted by atomic mass is 10.2.